The van der Waals surface area contributed by atoms with Crippen molar-refractivity contribution in [3.63, 3.8) is 0 Å². The van der Waals surface area contributed by atoms with E-state index in [1.807, 2.05) is 12.1 Å². The Labute approximate surface area is 267 Å². The molecular weight excluding hydrogens is 624 g/mol. The number of likely N-dealkylation sites (tertiary alicyclic amines) is 1. The maximum atomic E-state index is 16.6. The molecule has 4 aromatic rings. The van der Waals surface area contributed by atoms with Crippen LogP contribution < -0.4 is 9.64 Å². The van der Waals surface area contributed by atoms with Gasteiger partial charge < -0.3 is 14.5 Å². The van der Waals surface area contributed by atoms with Crippen LogP contribution >= 0.6 is 11.6 Å². The number of rotatable bonds is 7. The molecule has 2 aromatic carbocycles. The third-order valence-corrected chi connectivity index (χ3v) is 9.87. The van der Waals surface area contributed by atoms with Crippen molar-refractivity contribution < 1.29 is 27.1 Å². The number of fused-ring (bicyclic) bond motifs is 3. The Bertz CT molecular complexity index is 1870. The minimum atomic E-state index is -3.32. The molecule has 3 fully saturated rings. The van der Waals surface area contributed by atoms with Gasteiger partial charge in [-0.3, -0.25) is 14.7 Å². The van der Waals surface area contributed by atoms with Crippen molar-refractivity contribution in [2.75, 3.05) is 44.7 Å². The first-order chi connectivity index (χ1) is 22.0. The molecule has 0 radical (unpaired) electrons. The van der Waals surface area contributed by atoms with Gasteiger partial charge in [0.25, 0.3) is 5.92 Å². The van der Waals surface area contributed by atoms with Crippen molar-refractivity contribution in [3.8, 4) is 17.3 Å². The van der Waals surface area contributed by atoms with Gasteiger partial charge >= 0.3 is 6.01 Å². The van der Waals surface area contributed by atoms with Crippen LogP contribution in [0.5, 0.6) is 6.01 Å². The molecule has 8 nitrogen and oxygen atoms in total. The standard InChI is InChI=1S/C33H31ClF4N6O2/c1-3-25(45)43-16-24(33(37,38)17-43)42(2)30-22-14-39-28(21-9-4-7-19-8-5-10-23(34)26(19)21)27(36)29(22)40-31(41-30)46-18-32-11-6-12-44(32)15-20(35)13-32/h3-5,7-10,14,20,24H,1,6,11-13,15-18H2,2H3/t20-,24+,32+/m1/s1. The number of carbonyl (C=O) groups is 1. The molecule has 240 valence electrons. The Morgan fingerprint density at radius 3 is 2.78 bits per heavy atom. The topological polar surface area (TPSA) is 74.7 Å². The molecule has 46 heavy (non-hydrogen) atoms. The summed E-state index contributed by atoms with van der Waals surface area (Å²) in [6.45, 7) is 3.40. The molecule has 3 atom stereocenters. The van der Waals surface area contributed by atoms with Crippen LogP contribution in [0.1, 0.15) is 19.3 Å². The normalized spacial score (nSPS) is 24.1. The van der Waals surface area contributed by atoms with Gasteiger partial charge in [0, 0.05) is 48.7 Å². The van der Waals surface area contributed by atoms with Crippen LogP contribution in [0.25, 0.3) is 32.9 Å². The predicted molar refractivity (Wildman–Crippen MR) is 168 cm³/mol. The van der Waals surface area contributed by atoms with E-state index >= 15 is 13.2 Å². The zero-order chi connectivity index (χ0) is 32.4. The molecule has 0 unspecified atom stereocenters. The van der Waals surface area contributed by atoms with E-state index in [1.54, 1.807) is 24.3 Å². The number of aromatic nitrogens is 3. The number of hydrogen-bond donors (Lipinski definition) is 0. The van der Waals surface area contributed by atoms with Crippen molar-refractivity contribution in [2.24, 2.45) is 0 Å². The smallest absolute Gasteiger partial charge is 0.319 e. The largest absolute Gasteiger partial charge is 0.461 e. The molecule has 0 bridgehead atoms. The number of benzene rings is 2. The van der Waals surface area contributed by atoms with E-state index in [-0.39, 0.29) is 41.6 Å². The molecule has 3 aliphatic heterocycles. The molecule has 7 rings (SSSR count). The molecular formula is C33H31ClF4N6O2. The first kappa shape index (κ1) is 30.6. The number of likely N-dealkylation sites (N-methyl/N-ethyl adjacent to an activating group) is 1. The van der Waals surface area contributed by atoms with Crippen LogP contribution in [0.3, 0.4) is 0 Å². The zero-order valence-corrected chi connectivity index (χ0v) is 25.8. The molecule has 2 aromatic heterocycles. The van der Waals surface area contributed by atoms with Crippen LogP contribution in [0.15, 0.2) is 55.3 Å². The SMILES string of the molecule is C=CC(=O)N1C[C@H](N(C)c2nc(OC[C@@]34CCCN3C[C@H](F)C4)nc3c(F)c(-c4cccc5cccc(Cl)c45)ncc23)C(F)(F)C1. The van der Waals surface area contributed by atoms with E-state index < -0.39 is 41.9 Å². The predicted octanol–water partition coefficient (Wildman–Crippen LogP) is 6.06. The average molecular weight is 655 g/mol. The lowest BCUT2D eigenvalue weighted by Crippen LogP contribution is -2.46. The van der Waals surface area contributed by atoms with Crippen molar-refractivity contribution in [2.45, 2.75) is 42.9 Å². The maximum absolute atomic E-state index is 16.6. The molecule has 13 heteroatoms. The number of ether oxygens (including phenoxy) is 1. The third-order valence-electron chi connectivity index (χ3n) is 9.55. The first-order valence-corrected chi connectivity index (χ1v) is 15.5. The highest BCUT2D eigenvalue weighted by atomic mass is 35.5. The number of alkyl halides is 3. The summed E-state index contributed by atoms with van der Waals surface area (Å²) in [6.07, 6.45) is 3.24. The number of halogens is 5. The fraction of sp³-hybridized carbons (Fsp3) is 0.394. The molecule has 0 N–H and O–H groups in total. The second kappa shape index (κ2) is 11.3. The monoisotopic (exact) mass is 654 g/mol. The van der Waals surface area contributed by atoms with Gasteiger partial charge in [0.15, 0.2) is 5.82 Å². The molecule has 3 aliphatic rings. The van der Waals surface area contributed by atoms with Gasteiger partial charge in [0.1, 0.15) is 35.8 Å². The van der Waals surface area contributed by atoms with Crippen LogP contribution in [0, 0.1) is 5.82 Å². The molecule has 0 spiro atoms. The zero-order valence-electron chi connectivity index (χ0n) is 25.0. The number of amides is 1. The highest BCUT2D eigenvalue weighted by Gasteiger charge is 2.52. The molecule has 3 saturated heterocycles. The third kappa shape index (κ3) is 5.02. The molecule has 5 heterocycles. The van der Waals surface area contributed by atoms with Crippen molar-refractivity contribution >= 4 is 45.0 Å². The Morgan fingerprint density at radius 1 is 1.22 bits per heavy atom. The first-order valence-electron chi connectivity index (χ1n) is 15.1. The van der Waals surface area contributed by atoms with Gasteiger partial charge in [-0.1, -0.05) is 48.5 Å². The van der Waals surface area contributed by atoms with Gasteiger partial charge in [0.05, 0.1) is 17.5 Å². The second-order valence-corrected chi connectivity index (χ2v) is 12.7. The Balaban J connectivity index is 1.35. The van der Waals surface area contributed by atoms with Crippen molar-refractivity contribution in [3.05, 3.63) is 66.1 Å². The van der Waals surface area contributed by atoms with Crippen molar-refractivity contribution in [1.29, 1.82) is 0 Å². The minimum absolute atomic E-state index is 0.0324. The second-order valence-electron chi connectivity index (χ2n) is 12.3. The Hall–Kier alpha value is -4.03. The van der Waals surface area contributed by atoms with Crippen LogP contribution in [0.2, 0.25) is 5.02 Å². The highest BCUT2D eigenvalue weighted by Crippen LogP contribution is 2.42. The number of carbonyl (C=O) groups excluding carboxylic acids is 1. The number of hydrogen-bond acceptors (Lipinski definition) is 7. The Morgan fingerprint density at radius 2 is 2.00 bits per heavy atom. The summed E-state index contributed by atoms with van der Waals surface area (Å²) in [6, 6.07) is 8.93. The molecule has 0 aliphatic carbocycles. The number of pyridine rings is 1. The van der Waals surface area contributed by atoms with Gasteiger partial charge in [-0.25, -0.2) is 17.6 Å². The van der Waals surface area contributed by atoms with E-state index in [4.69, 9.17) is 16.3 Å². The lowest BCUT2D eigenvalue weighted by Gasteiger charge is -2.32. The van der Waals surface area contributed by atoms with E-state index in [0.717, 1.165) is 35.7 Å². The summed E-state index contributed by atoms with van der Waals surface area (Å²) in [7, 11) is 1.41. The summed E-state index contributed by atoms with van der Waals surface area (Å²) < 4.78 is 68.0. The lowest BCUT2D eigenvalue weighted by molar-refractivity contribution is -0.126. The summed E-state index contributed by atoms with van der Waals surface area (Å²) in [5.41, 5.74) is -0.332. The van der Waals surface area contributed by atoms with Gasteiger partial charge in [-0.2, -0.15) is 9.97 Å². The minimum Gasteiger partial charge on any atom is -0.461 e. The lowest BCUT2D eigenvalue weighted by atomic mass is 9.95. The van der Waals surface area contributed by atoms with E-state index in [2.05, 4.69) is 26.4 Å². The van der Waals surface area contributed by atoms with Crippen LogP contribution in [-0.4, -0.2) is 94.2 Å². The number of anilines is 1. The summed E-state index contributed by atoms with van der Waals surface area (Å²) >= 11 is 6.54. The van der Waals surface area contributed by atoms with Crippen molar-refractivity contribution in [1.82, 2.24) is 24.8 Å². The van der Waals surface area contributed by atoms with Crippen LogP contribution in [-0.2, 0) is 4.79 Å². The average Bonchev–Trinajstić information content (AvgIpc) is 3.68. The maximum Gasteiger partial charge on any atom is 0.319 e. The molecule has 0 saturated carbocycles. The van der Waals surface area contributed by atoms with E-state index in [0.29, 0.717) is 28.9 Å². The summed E-state index contributed by atoms with van der Waals surface area (Å²) in [4.78, 5) is 29.9. The van der Waals surface area contributed by atoms with Gasteiger partial charge in [-0.15, -0.1) is 0 Å². The van der Waals surface area contributed by atoms with Gasteiger partial charge in [-0.05, 0) is 36.9 Å². The van der Waals surface area contributed by atoms with E-state index in [9.17, 15) is 9.18 Å². The number of nitrogens with zero attached hydrogens (tertiary/aromatic N) is 6. The van der Waals surface area contributed by atoms with E-state index in [1.165, 1.54) is 18.1 Å². The molecule has 1 amide bonds. The van der Waals surface area contributed by atoms with Crippen LogP contribution in [0.4, 0.5) is 23.4 Å². The highest BCUT2D eigenvalue weighted by molar-refractivity contribution is 6.36. The fourth-order valence-corrected chi connectivity index (χ4v) is 7.58. The quantitative estimate of drug-likeness (QED) is 0.177. The Kier molecular flexibility index (Phi) is 7.55. The summed E-state index contributed by atoms with van der Waals surface area (Å²) in [5.74, 6) is -4.79. The fourth-order valence-electron chi connectivity index (χ4n) is 7.30. The summed E-state index contributed by atoms with van der Waals surface area (Å²) in [5, 5.41) is 1.87. The van der Waals surface area contributed by atoms with Gasteiger partial charge in [0.2, 0.25) is 5.91 Å².